The Kier molecular flexibility index (Phi) is 6.17. The highest BCUT2D eigenvalue weighted by atomic mass is 32.2. The van der Waals surface area contributed by atoms with Gasteiger partial charge in [-0.05, 0) is 30.3 Å². The molecule has 1 amide bonds. The Labute approximate surface area is 153 Å². The van der Waals surface area contributed by atoms with Gasteiger partial charge in [0.2, 0.25) is 10.0 Å². The van der Waals surface area contributed by atoms with E-state index in [2.05, 4.69) is 10.3 Å². The SMILES string of the molecule is CCN(CC)S(=O)(=O)c1ccc(OC)c(C(=O)Nc2ccc(N)nc2)c1. The van der Waals surface area contributed by atoms with Crippen LogP contribution in [0, 0.1) is 0 Å². The summed E-state index contributed by atoms with van der Waals surface area (Å²) >= 11 is 0. The fourth-order valence-corrected chi connectivity index (χ4v) is 3.90. The third kappa shape index (κ3) is 4.12. The van der Waals surface area contributed by atoms with E-state index in [9.17, 15) is 13.2 Å². The molecule has 1 aromatic heterocycles. The van der Waals surface area contributed by atoms with E-state index < -0.39 is 15.9 Å². The standard InChI is InChI=1S/C17H22N4O4S/c1-4-21(5-2)26(23,24)13-7-8-15(25-3)14(10-13)17(22)20-12-6-9-16(18)19-11-12/h6-11H,4-5H2,1-3H3,(H2,18,19)(H,20,22). The number of anilines is 2. The van der Waals surface area contributed by atoms with Crippen molar-refractivity contribution < 1.29 is 17.9 Å². The summed E-state index contributed by atoms with van der Waals surface area (Å²) in [6, 6.07) is 7.35. The number of pyridine rings is 1. The number of aromatic nitrogens is 1. The summed E-state index contributed by atoms with van der Waals surface area (Å²) in [7, 11) is -2.28. The molecule has 0 saturated heterocycles. The molecule has 0 unspecified atom stereocenters. The first kappa shape index (κ1) is 19.7. The minimum atomic E-state index is -3.69. The maximum absolute atomic E-state index is 12.7. The van der Waals surface area contributed by atoms with Crippen LogP contribution >= 0.6 is 0 Å². The number of amides is 1. The van der Waals surface area contributed by atoms with Crippen molar-refractivity contribution in [2.45, 2.75) is 18.7 Å². The van der Waals surface area contributed by atoms with Crippen molar-refractivity contribution in [3.63, 3.8) is 0 Å². The quantitative estimate of drug-likeness (QED) is 0.761. The van der Waals surface area contributed by atoms with E-state index in [-0.39, 0.29) is 16.2 Å². The maximum Gasteiger partial charge on any atom is 0.259 e. The summed E-state index contributed by atoms with van der Waals surface area (Å²) in [6.07, 6.45) is 1.41. The molecule has 0 aliphatic heterocycles. The number of nitrogens with zero attached hydrogens (tertiary/aromatic N) is 2. The molecule has 1 heterocycles. The molecule has 0 radical (unpaired) electrons. The van der Waals surface area contributed by atoms with Crippen molar-refractivity contribution in [3.05, 3.63) is 42.1 Å². The molecule has 2 rings (SSSR count). The molecule has 3 N–H and O–H groups in total. The third-order valence-electron chi connectivity index (χ3n) is 3.80. The van der Waals surface area contributed by atoms with Gasteiger partial charge in [0.1, 0.15) is 11.6 Å². The third-order valence-corrected chi connectivity index (χ3v) is 5.85. The Morgan fingerprint density at radius 1 is 1.23 bits per heavy atom. The summed E-state index contributed by atoms with van der Waals surface area (Å²) in [4.78, 5) is 16.5. The van der Waals surface area contributed by atoms with Gasteiger partial charge in [0.25, 0.3) is 5.91 Å². The largest absolute Gasteiger partial charge is 0.496 e. The van der Waals surface area contributed by atoms with Gasteiger partial charge >= 0.3 is 0 Å². The number of methoxy groups -OCH3 is 1. The van der Waals surface area contributed by atoms with Crippen LogP contribution in [0.15, 0.2) is 41.4 Å². The van der Waals surface area contributed by atoms with E-state index in [4.69, 9.17) is 10.5 Å². The molecular weight excluding hydrogens is 356 g/mol. The van der Waals surface area contributed by atoms with E-state index in [0.29, 0.717) is 24.6 Å². The first-order valence-corrected chi connectivity index (χ1v) is 9.48. The molecule has 8 nitrogen and oxygen atoms in total. The minimum absolute atomic E-state index is 0.0302. The van der Waals surface area contributed by atoms with Gasteiger partial charge < -0.3 is 15.8 Å². The van der Waals surface area contributed by atoms with Gasteiger partial charge in [-0.25, -0.2) is 13.4 Å². The van der Waals surface area contributed by atoms with Crippen molar-refractivity contribution in [2.24, 2.45) is 0 Å². The highest BCUT2D eigenvalue weighted by Gasteiger charge is 2.24. The number of rotatable bonds is 7. The van der Waals surface area contributed by atoms with Crippen molar-refractivity contribution >= 4 is 27.4 Å². The summed E-state index contributed by atoms with van der Waals surface area (Å²) in [5.74, 6) is 0.0855. The topological polar surface area (TPSA) is 115 Å². The number of hydrogen-bond acceptors (Lipinski definition) is 6. The minimum Gasteiger partial charge on any atom is -0.496 e. The van der Waals surface area contributed by atoms with Crippen LogP contribution in [0.2, 0.25) is 0 Å². The number of carbonyl (C=O) groups excluding carboxylic acids is 1. The van der Waals surface area contributed by atoms with Gasteiger partial charge in [0, 0.05) is 13.1 Å². The molecule has 0 fully saturated rings. The lowest BCUT2D eigenvalue weighted by Crippen LogP contribution is -2.30. The lowest BCUT2D eigenvalue weighted by Gasteiger charge is -2.19. The predicted octanol–water partition coefficient (Wildman–Crippen LogP) is 1.96. The number of nitrogens with one attached hydrogen (secondary N) is 1. The second-order valence-corrected chi connectivity index (χ2v) is 7.32. The second-order valence-electron chi connectivity index (χ2n) is 5.38. The van der Waals surface area contributed by atoms with Gasteiger partial charge in [0.05, 0.1) is 29.5 Å². The molecule has 0 atom stereocenters. The van der Waals surface area contributed by atoms with Gasteiger partial charge in [-0.15, -0.1) is 0 Å². The smallest absolute Gasteiger partial charge is 0.259 e. The lowest BCUT2D eigenvalue weighted by atomic mass is 10.2. The normalized spacial score (nSPS) is 11.4. The van der Waals surface area contributed by atoms with Crippen molar-refractivity contribution in [2.75, 3.05) is 31.2 Å². The number of sulfonamides is 1. The molecular formula is C17H22N4O4S. The second kappa shape index (κ2) is 8.15. The molecule has 0 saturated carbocycles. The van der Waals surface area contributed by atoms with E-state index in [1.807, 2.05) is 0 Å². The zero-order valence-corrected chi connectivity index (χ0v) is 15.7. The van der Waals surface area contributed by atoms with Gasteiger partial charge in [0.15, 0.2) is 0 Å². The summed E-state index contributed by atoms with van der Waals surface area (Å²) in [5, 5.41) is 2.65. The molecule has 0 spiro atoms. The molecule has 26 heavy (non-hydrogen) atoms. The summed E-state index contributed by atoms with van der Waals surface area (Å²) in [5.41, 5.74) is 6.06. The van der Waals surface area contributed by atoms with E-state index in [0.717, 1.165) is 0 Å². The fourth-order valence-electron chi connectivity index (χ4n) is 2.42. The predicted molar refractivity (Wildman–Crippen MR) is 99.7 cm³/mol. The fraction of sp³-hybridized carbons (Fsp3) is 0.294. The Bertz CT molecular complexity index is 878. The lowest BCUT2D eigenvalue weighted by molar-refractivity contribution is 0.102. The molecule has 1 aromatic carbocycles. The van der Waals surface area contributed by atoms with Crippen LogP contribution in [0.1, 0.15) is 24.2 Å². The van der Waals surface area contributed by atoms with Crippen molar-refractivity contribution in [1.29, 1.82) is 0 Å². The average molecular weight is 378 g/mol. The van der Waals surface area contributed by atoms with Crippen LogP contribution < -0.4 is 15.8 Å². The first-order chi connectivity index (χ1) is 12.3. The number of carbonyl (C=O) groups is 1. The van der Waals surface area contributed by atoms with Crippen LogP contribution in [-0.2, 0) is 10.0 Å². The molecule has 140 valence electrons. The Morgan fingerprint density at radius 2 is 1.92 bits per heavy atom. The zero-order chi connectivity index (χ0) is 19.3. The van der Waals surface area contributed by atoms with E-state index in [1.54, 1.807) is 26.0 Å². The van der Waals surface area contributed by atoms with Crippen LogP contribution in [0.25, 0.3) is 0 Å². The molecule has 0 aliphatic rings. The summed E-state index contributed by atoms with van der Waals surface area (Å²) in [6.45, 7) is 4.19. The average Bonchev–Trinajstić information content (AvgIpc) is 2.63. The molecule has 0 aliphatic carbocycles. The zero-order valence-electron chi connectivity index (χ0n) is 14.9. The van der Waals surface area contributed by atoms with Crippen molar-refractivity contribution in [3.8, 4) is 5.75 Å². The van der Waals surface area contributed by atoms with E-state index in [1.165, 1.54) is 35.8 Å². The molecule has 2 aromatic rings. The first-order valence-electron chi connectivity index (χ1n) is 8.04. The van der Waals surface area contributed by atoms with Gasteiger partial charge in [-0.3, -0.25) is 4.79 Å². The van der Waals surface area contributed by atoms with Crippen LogP contribution in [-0.4, -0.2) is 43.8 Å². The van der Waals surface area contributed by atoms with Crippen molar-refractivity contribution in [1.82, 2.24) is 9.29 Å². The van der Waals surface area contributed by atoms with Gasteiger partial charge in [-0.1, -0.05) is 13.8 Å². The Balaban J connectivity index is 2.40. The maximum atomic E-state index is 12.7. The van der Waals surface area contributed by atoms with Gasteiger partial charge in [-0.2, -0.15) is 4.31 Å². The number of nitrogens with two attached hydrogens (primary N) is 1. The van der Waals surface area contributed by atoms with Crippen LogP contribution in [0.3, 0.4) is 0 Å². The molecule has 0 bridgehead atoms. The Morgan fingerprint density at radius 3 is 2.46 bits per heavy atom. The number of nitrogen functional groups attached to an aromatic ring is 1. The number of hydrogen-bond donors (Lipinski definition) is 2. The summed E-state index contributed by atoms with van der Waals surface area (Å²) < 4.78 is 31.9. The van der Waals surface area contributed by atoms with E-state index >= 15 is 0 Å². The number of benzene rings is 1. The monoisotopic (exact) mass is 378 g/mol. The van der Waals surface area contributed by atoms with Crippen LogP contribution in [0.4, 0.5) is 11.5 Å². The highest BCUT2D eigenvalue weighted by molar-refractivity contribution is 7.89. The van der Waals surface area contributed by atoms with Crippen LogP contribution in [0.5, 0.6) is 5.75 Å². The Hall–Kier alpha value is -2.65. The number of ether oxygens (including phenoxy) is 1. The highest BCUT2D eigenvalue weighted by Crippen LogP contribution is 2.25. The molecule has 9 heteroatoms.